The first-order chi connectivity index (χ1) is 15.5. The van der Waals surface area contributed by atoms with E-state index in [1.807, 2.05) is 22.9 Å². The topological polar surface area (TPSA) is 69.0 Å². The fourth-order valence-electron chi connectivity index (χ4n) is 5.75. The summed E-state index contributed by atoms with van der Waals surface area (Å²) in [5.74, 6) is -0.722. The van der Waals surface area contributed by atoms with E-state index in [0.29, 0.717) is 25.2 Å². The first-order valence-corrected chi connectivity index (χ1v) is 11.3. The third kappa shape index (κ3) is 3.46. The highest BCUT2D eigenvalue weighted by molar-refractivity contribution is 5.83. The van der Waals surface area contributed by atoms with Crippen LogP contribution in [-0.4, -0.2) is 76.2 Å². The van der Waals surface area contributed by atoms with Crippen LogP contribution in [0.15, 0.2) is 47.3 Å². The van der Waals surface area contributed by atoms with E-state index in [1.165, 1.54) is 12.1 Å². The zero-order valence-electron chi connectivity index (χ0n) is 18.2. The largest absolute Gasteiger partial charge is 0.396 e. The van der Waals surface area contributed by atoms with Gasteiger partial charge in [0.1, 0.15) is 5.82 Å². The number of pyridine rings is 1. The Labute approximate surface area is 186 Å². The molecule has 1 N–H and O–H groups in total. The first-order valence-electron chi connectivity index (χ1n) is 11.3. The zero-order chi connectivity index (χ0) is 22.4. The highest BCUT2D eigenvalue weighted by Gasteiger charge is 2.56. The lowest BCUT2D eigenvalue weighted by Crippen LogP contribution is -2.55. The van der Waals surface area contributed by atoms with Crippen LogP contribution >= 0.6 is 0 Å². The third-order valence-corrected chi connectivity index (χ3v) is 7.45. The number of carbonyl (C=O) groups is 1. The number of likely N-dealkylation sites (tertiary alicyclic amines) is 1. The van der Waals surface area contributed by atoms with Crippen LogP contribution in [-0.2, 0) is 17.9 Å². The number of benzene rings is 1. The molecule has 0 bridgehead atoms. The van der Waals surface area contributed by atoms with Crippen molar-refractivity contribution in [2.75, 3.05) is 39.8 Å². The Bertz CT molecular complexity index is 1070. The number of halogens is 1. The van der Waals surface area contributed by atoms with Gasteiger partial charge in [0.15, 0.2) is 0 Å². The molecule has 2 aromatic rings. The molecule has 3 aliphatic rings. The van der Waals surface area contributed by atoms with E-state index in [1.54, 1.807) is 28.8 Å². The monoisotopic (exact) mass is 440 g/mol. The second-order valence-corrected chi connectivity index (χ2v) is 9.19. The molecule has 32 heavy (non-hydrogen) atoms. The Balaban J connectivity index is 1.55. The quantitative estimate of drug-likeness (QED) is 0.766. The van der Waals surface area contributed by atoms with E-state index in [4.69, 9.17) is 0 Å². The van der Waals surface area contributed by atoms with Crippen LogP contribution in [0.1, 0.15) is 17.3 Å². The lowest BCUT2D eigenvalue weighted by molar-refractivity contribution is -0.140. The average molecular weight is 441 g/mol. The fraction of sp³-hybridized carbons (Fsp3) is 0.500. The molecule has 5 rings (SSSR count). The predicted octanol–water partition coefficient (Wildman–Crippen LogP) is 0.925. The summed E-state index contributed by atoms with van der Waals surface area (Å²) in [4.78, 5) is 32.4. The fourth-order valence-corrected chi connectivity index (χ4v) is 5.75. The number of aromatic nitrogens is 1. The lowest BCUT2D eigenvalue weighted by atomic mass is 9.88. The molecular formula is C24H29FN4O3. The number of rotatable bonds is 4. The third-order valence-electron chi connectivity index (χ3n) is 7.45. The number of amides is 1. The van der Waals surface area contributed by atoms with Gasteiger partial charge in [-0.25, -0.2) is 4.39 Å². The smallest absolute Gasteiger partial charge is 0.250 e. The molecule has 1 amide bonds. The summed E-state index contributed by atoms with van der Waals surface area (Å²) in [6.45, 7) is 3.46. The van der Waals surface area contributed by atoms with Crippen molar-refractivity contribution < 1.29 is 14.3 Å². The van der Waals surface area contributed by atoms with Crippen LogP contribution < -0.4 is 5.56 Å². The summed E-state index contributed by atoms with van der Waals surface area (Å²) >= 11 is 0. The molecule has 0 saturated carbocycles. The maximum Gasteiger partial charge on any atom is 0.250 e. The average Bonchev–Trinajstić information content (AvgIpc) is 3.31. The standard InChI is InChI=1S/C24H29FN4O3/c1-26-9-11-27(12-10-26)24(32)23-18(15-30)17-14-28-20(7-4-8-21(28)31)22(17)29(23)13-16-5-2-3-6-19(16)25/h2-8,17-18,22-23,30H,9-15H2,1H3/t17-,18-,22+,23-/m1/s1. The van der Waals surface area contributed by atoms with Crippen molar-refractivity contribution in [1.82, 2.24) is 19.3 Å². The summed E-state index contributed by atoms with van der Waals surface area (Å²) in [6, 6.07) is 11.0. The number of fused-ring (bicyclic) bond motifs is 3. The maximum atomic E-state index is 14.6. The number of nitrogens with zero attached hydrogens (tertiary/aromatic N) is 4. The molecule has 3 aliphatic heterocycles. The summed E-state index contributed by atoms with van der Waals surface area (Å²) in [7, 11) is 2.04. The van der Waals surface area contributed by atoms with Gasteiger partial charge in [-0.3, -0.25) is 14.5 Å². The van der Waals surface area contributed by atoms with Gasteiger partial charge in [0.05, 0.1) is 12.1 Å². The highest BCUT2D eigenvalue weighted by atomic mass is 19.1. The number of aliphatic hydroxyl groups excluding tert-OH is 1. The number of hydrogen-bond donors (Lipinski definition) is 1. The van der Waals surface area contributed by atoms with Gasteiger partial charge in [0.25, 0.3) is 5.56 Å². The van der Waals surface area contributed by atoms with Gasteiger partial charge in [0.2, 0.25) is 5.91 Å². The van der Waals surface area contributed by atoms with E-state index < -0.39 is 6.04 Å². The summed E-state index contributed by atoms with van der Waals surface area (Å²) in [5.41, 5.74) is 1.27. The van der Waals surface area contributed by atoms with Crippen molar-refractivity contribution in [1.29, 1.82) is 0 Å². The normalized spacial score (nSPS) is 28.0. The minimum Gasteiger partial charge on any atom is -0.396 e. The van der Waals surface area contributed by atoms with E-state index in [0.717, 1.165) is 18.8 Å². The molecule has 0 radical (unpaired) electrons. The van der Waals surface area contributed by atoms with Crippen LogP contribution in [0.3, 0.4) is 0 Å². The molecule has 2 fully saturated rings. The van der Waals surface area contributed by atoms with Crippen molar-refractivity contribution in [2.24, 2.45) is 11.8 Å². The van der Waals surface area contributed by atoms with Crippen LogP contribution in [0.5, 0.6) is 0 Å². The van der Waals surface area contributed by atoms with Gasteiger partial charge >= 0.3 is 0 Å². The van der Waals surface area contributed by atoms with Crippen LogP contribution in [0.25, 0.3) is 0 Å². The molecule has 0 spiro atoms. The number of aliphatic hydroxyl groups is 1. The molecule has 4 heterocycles. The highest BCUT2D eigenvalue weighted by Crippen LogP contribution is 2.50. The summed E-state index contributed by atoms with van der Waals surface area (Å²) in [5, 5.41) is 10.4. The molecule has 0 aliphatic carbocycles. The van der Waals surface area contributed by atoms with Gasteiger partial charge in [-0.15, -0.1) is 0 Å². The van der Waals surface area contributed by atoms with Gasteiger partial charge in [-0.05, 0) is 19.2 Å². The van der Waals surface area contributed by atoms with Gasteiger partial charge in [-0.2, -0.15) is 0 Å². The van der Waals surface area contributed by atoms with E-state index >= 15 is 0 Å². The van der Waals surface area contributed by atoms with Crippen molar-refractivity contribution in [3.63, 3.8) is 0 Å². The predicted molar refractivity (Wildman–Crippen MR) is 117 cm³/mol. The zero-order valence-corrected chi connectivity index (χ0v) is 18.2. The Morgan fingerprint density at radius 2 is 1.84 bits per heavy atom. The van der Waals surface area contributed by atoms with Crippen molar-refractivity contribution >= 4 is 5.91 Å². The molecule has 1 aromatic carbocycles. The second-order valence-electron chi connectivity index (χ2n) is 9.19. The van der Waals surface area contributed by atoms with Gasteiger partial charge < -0.3 is 19.5 Å². The van der Waals surface area contributed by atoms with E-state index in [-0.39, 0.29) is 48.3 Å². The number of likely N-dealkylation sites (N-methyl/N-ethyl adjacent to an activating group) is 1. The molecule has 170 valence electrons. The number of piperazine rings is 1. The lowest BCUT2D eigenvalue weighted by Gasteiger charge is -2.38. The molecular weight excluding hydrogens is 411 g/mol. The van der Waals surface area contributed by atoms with Gasteiger partial charge in [0, 0.05) is 75.0 Å². The van der Waals surface area contributed by atoms with Crippen LogP contribution in [0.2, 0.25) is 0 Å². The van der Waals surface area contributed by atoms with Crippen molar-refractivity contribution in [3.8, 4) is 0 Å². The Kier molecular flexibility index (Phi) is 5.61. The number of carbonyl (C=O) groups excluding carboxylic acids is 1. The Hall–Kier alpha value is -2.55. The maximum absolute atomic E-state index is 14.6. The molecule has 4 atom stereocenters. The molecule has 8 heteroatoms. The SMILES string of the molecule is CN1CCN(C(=O)[C@H]2[C@H](CO)[C@H]3Cn4c(cccc4=O)[C@H]3N2Cc2ccccc2F)CC1. The summed E-state index contributed by atoms with van der Waals surface area (Å²) in [6.07, 6.45) is 0. The van der Waals surface area contributed by atoms with E-state index in [9.17, 15) is 19.1 Å². The Morgan fingerprint density at radius 1 is 1.09 bits per heavy atom. The minimum absolute atomic E-state index is 0.00674. The van der Waals surface area contributed by atoms with Crippen LogP contribution in [0.4, 0.5) is 4.39 Å². The van der Waals surface area contributed by atoms with Crippen LogP contribution in [0, 0.1) is 17.7 Å². The molecule has 7 nitrogen and oxygen atoms in total. The van der Waals surface area contributed by atoms with Gasteiger partial charge in [-0.1, -0.05) is 24.3 Å². The first kappa shape index (κ1) is 21.3. The molecule has 1 aromatic heterocycles. The molecule has 2 saturated heterocycles. The van der Waals surface area contributed by atoms with Crippen molar-refractivity contribution in [3.05, 3.63) is 69.9 Å². The van der Waals surface area contributed by atoms with Crippen molar-refractivity contribution in [2.45, 2.75) is 25.2 Å². The van der Waals surface area contributed by atoms with E-state index in [2.05, 4.69) is 4.90 Å². The second kappa shape index (κ2) is 8.42. The Morgan fingerprint density at radius 3 is 2.56 bits per heavy atom. The number of hydrogen-bond acceptors (Lipinski definition) is 5. The molecule has 0 unspecified atom stereocenters. The minimum atomic E-state index is -0.554. The summed E-state index contributed by atoms with van der Waals surface area (Å²) < 4.78 is 16.4.